The van der Waals surface area contributed by atoms with Crippen LogP contribution < -0.4 is 5.32 Å². The van der Waals surface area contributed by atoms with Crippen LogP contribution >= 0.6 is 0 Å². The van der Waals surface area contributed by atoms with Crippen LogP contribution in [0.1, 0.15) is 25.3 Å². The first-order valence-electron chi connectivity index (χ1n) is 6.21. The van der Waals surface area contributed by atoms with Gasteiger partial charge in [-0.3, -0.25) is 0 Å². The Labute approximate surface area is 104 Å². The van der Waals surface area contributed by atoms with E-state index in [0.717, 1.165) is 25.1 Å². The van der Waals surface area contributed by atoms with E-state index in [0.29, 0.717) is 12.5 Å². The van der Waals surface area contributed by atoms with Crippen LogP contribution in [0.3, 0.4) is 0 Å². The van der Waals surface area contributed by atoms with Gasteiger partial charge in [-0.25, -0.2) is 0 Å². The maximum Gasteiger partial charge on any atom is 0.0471 e. The molecule has 0 bridgehead atoms. The first-order chi connectivity index (χ1) is 8.26. The molecule has 0 spiro atoms. The third kappa shape index (κ3) is 5.71. The number of rotatable bonds is 8. The number of ether oxygens (including phenoxy) is 1. The van der Waals surface area contributed by atoms with Crippen molar-refractivity contribution in [3.05, 3.63) is 29.8 Å². The molecule has 1 aromatic rings. The van der Waals surface area contributed by atoms with Gasteiger partial charge in [-0.15, -0.1) is 0 Å². The summed E-state index contributed by atoms with van der Waals surface area (Å²) < 4.78 is 5.04. The van der Waals surface area contributed by atoms with E-state index < -0.39 is 0 Å². The Bertz CT molecular complexity index is 315. The smallest absolute Gasteiger partial charge is 0.0471 e. The third-order valence-electron chi connectivity index (χ3n) is 2.73. The van der Waals surface area contributed by atoms with E-state index >= 15 is 0 Å². The van der Waals surface area contributed by atoms with E-state index in [1.54, 1.807) is 7.11 Å². The minimum Gasteiger partial charge on any atom is -0.396 e. The maximum atomic E-state index is 8.90. The van der Waals surface area contributed by atoms with Crippen LogP contribution in [-0.2, 0) is 11.2 Å². The minimum absolute atomic E-state index is 0.201. The quantitative estimate of drug-likeness (QED) is 0.682. The SMILES string of the molecule is COCCCC(C)Nc1cccc(CCO)c1. The Hall–Kier alpha value is -1.06. The van der Waals surface area contributed by atoms with Gasteiger partial charge in [0, 0.05) is 32.1 Å². The second kappa shape index (κ2) is 8.09. The van der Waals surface area contributed by atoms with Gasteiger partial charge < -0.3 is 15.2 Å². The molecule has 17 heavy (non-hydrogen) atoms. The fourth-order valence-electron chi connectivity index (χ4n) is 1.84. The van der Waals surface area contributed by atoms with E-state index in [1.165, 1.54) is 5.56 Å². The lowest BCUT2D eigenvalue weighted by atomic mass is 10.1. The van der Waals surface area contributed by atoms with Crippen molar-refractivity contribution in [3.8, 4) is 0 Å². The van der Waals surface area contributed by atoms with Crippen molar-refractivity contribution >= 4 is 5.69 Å². The molecule has 0 aromatic heterocycles. The first kappa shape index (κ1) is 14.0. The van der Waals surface area contributed by atoms with Crippen molar-refractivity contribution in [1.82, 2.24) is 0 Å². The van der Waals surface area contributed by atoms with Gasteiger partial charge in [0.05, 0.1) is 0 Å². The maximum absolute atomic E-state index is 8.90. The Morgan fingerprint density at radius 2 is 2.24 bits per heavy atom. The number of aliphatic hydroxyl groups is 1. The van der Waals surface area contributed by atoms with E-state index in [2.05, 4.69) is 24.4 Å². The van der Waals surface area contributed by atoms with Crippen molar-refractivity contribution in [2.75, 3.05) is 25.6 Å². The van der Waals surface area contributed by atoms with Crippen molar-refractivity contribution < 1.29 is 9.84 Å². The molecular weight excluding hydrogens is 214 g/mol. The average molecular weight is 237 g/mol. The zero-order valence-corrected chi connectivity index (χ0v) is 10.8. The molecule has 96 valence electrons. The fourth-order valence-corrected chi connectivity index (χ4v) is 1.84. The number of benzene rings is 1. The fraction of sp³-hybridized carbons (Fsp3) is 0.571. The van der Waals surface area contributed by atoms with Crippen molar-refractivity contribution in [3.63, 3.8) is 0 Å². The predicted molar refractivity (Wildman–Crippen MR) is 71.4 cm³/mol. The average Bonchev–Trinajstić information content (AvgIpc) is 2.30. The summed E-state index contributed by atoms with van der Waals surface area (Å²) in [4.78, 5) is 0. The number of hydrogen-bond acceptors (Lipinski definition) is 3. The van der Waals surface area contributed by atoms with Gasteiger partial charge in [-0.2, -0.15) is 0 Å². The van der Waals surface area contributed by atoms with Gasteiger partial charge in [0.2, 0.25) is 0 Å². The van der Waals surface area contributed by atoms with Gasteiger partial charge in [0.15, 0.2) is 0 Å². The predicted octanol–water partition coefficient (Wildman–Crippen LogP) is 2.45. The van der Waals surface area contributed by atoms with Crippen LogP contribution in [0.4, 0.5) is 5.69 Å². The number of anilines is 1. The summed E-state index contributed by atoms with van der Waals surface area (Å²) in [5.41, 5.74) is 2.29. The number of nitrogens with one attached hydrogen (secondary N) is 1. The highest BCUT2D eigenvalue weighted by Gasteiger charge is 2.02. The summed E-state index contributed by atoms with van der Waals surface area (Å²) >= 11 is 0. The molecule has 2 N–H and O–H groups in total. The summed E-state index contributed by atoms with van der Waals surface area (Å²) in [6, 6.07) is 8.66. The van der Waals surface area contributed by atoms with Crippen molar-refractivity contribution in [1.29, 1.82) is 0 Å². The lowest BCUT2D eigenvalue weighted by Crippen LogP contribution is -2.15. The summed E-state index contributed by atoms with van der Waals surface area (Å²) in [5, 5.41) is 12.4. The van der Waals surface area contributed by atoms with Crippen molar-refractivity contribution in [2.24, 2.45) is 0 Å². The second-order valence-corrected chi connectivity index (χ2v) is 4.35. The molecule has 1 atom stereocenters. The monoisotopic (exact) mass is 237 g/mol. The molecule has 3 nitrogen and oxygen atoms in total. The molecule has 0 heterocycles. The molecule has 1 unspecified atom stereocenters. The van der Waals surface area contributed by atoms with Gasteiger partial charge in [0.1, 0.15) is 0 Å². The molecule has 0 aliphatic carbocycles. The molecule has 0 saturated heterocycles. The van der Waals surface area contributed by atoms with E-state index in [1.807, 2.05) is 12.1 Å². The third-order valence-corrected chi connectivity index (χ3v) is 2.73. The van der Waals surface area contributed by atoms with Crippen LogP contribution in [0, 0.1) is 0 Å². The summed E-state index contributed by atoms with van der Waals surface area (Å²) in [6.07, 6.45) is 2.88. The molecule has 0 amide bonds. The Morgan fingerprint density at radius 3 is 2.94 bits per heavy atom. The van der Waals surface area contributed by atoms with Gasteiger partial charge in [0.25, 0.3) is 0 Å². The summed E-state index contributed by atoms with van der Waals surface area (Å²) in [5.74, 6) is 0. The van der Waals surface area contributed by atoms with Crippen molar-refractivity contribution in [2.45, 2.75) is 32.2 Å². The minimum atomic E-state index is 0.201. The van der Waals surface area contributed by atoms with E-state index in [4.69, 9.17) is 9.84 Å². The Kier molecular flexibility index (Phi) is 6.67. The molecule has 1 aromatic carbocycles. The van der Waals surface area contributed by atoms with Gasteiger partial charge in [-0.1, -0.05) is 12.1 Å². The highest BCUT2D eigenvalue weighted by molar-refractivity contribution is 5.46. The largest absolute Gasteiger partial charge is 0.396 e. The Morgan fingerprint density at radius 1 is 1.41 bits per heavy atom. The molecule has 0 fully saturated rings. The zero-order valence-electron chi connectivity index (χ0n) is 10.8. The van der Waals surface area contributed by atoms with Crippen LogP contribution in [-0.4, -0.2) is 31.5 Å². The lowest BCUT2D eigenvalue weighted by Gasteiger charge is -2.15. The molecule has 0 aliphatic rings. The Balaban J connectivity index is 2.41. The second-order valence-electron chi connectivity index (χ2n) is 4.35. The van der Waals surface area contributed by atoms with Crippen LogP contribution in [0.25, 0.3) is 0 Å². The number of methoxy groups -OCH3 is 1. The molecular formula is C14H23NO2. The van der Waals surface area contributed by atoms with Crippen LogP contribution in [0.15, 0.2) is 24.3 Å². The number of aliphatic hydroxyl groups excluding tert-OH is 1. The molecule has 1 rings (SSSR count). The molecule has 3 heteroatoms. The molecule has 0 saturated carbocycles. The topological polar surface area (TPSA) is 41.5 Å². The highest BCUT2D eigenvalue weighted by atomic mass is 16.5. The van der Waals surface area contributed by atoms with Crippen LogP contribution in [0.2, 0.25) is 0 Å². The number of hydrogen-bond donors (Lipinski definition) is 2. The molecule has 0 radical (unpaired) electrons. The normalized spacial score (nSPS) is 12.4. The summed E-state index contributed by atoms with van der Waals surface area (Å²) in [7, 11) is 1.73. The summed E-state index contributed by atoms with van der Waals surface area (Å²) in [6.45, 7) is 3.19. The standard InChI is InChI=1S/C14H23NO2/c1-12(5-4-10-17-2)15-14-7-3-6-13(11-14)8-9-16/h3,6-7,11-12,15-16H,4-5,8-10H2,1-2H3. The zero-order chi connectivity index (χ0) is 12.5. The highest BCUT2D eigenvalue weighted by Crippen LogP contribution is 2.13. The molecule has 0 aliphatic heterocycles. The van der Waals surface area contributed by atoms with E-state index in [9.17, 15) is 0 Å². The first-order valence-corrected chi connectivity index (χ1v) is 6.21. The van der Waals surface area contributed by atoms with Gasteiger partial charge in [-0.05, 0) is 43.9 Å². The van der Waals surface area contributed by atoms with E-state index in [-0.39, 0.29) is 6.61 Å². The van der Waals surface area contributed by atoms with Gasteiger partial charge >= 0.3 is 0 Å². The van der Waals surface area contributed by atoms with Crippen LogP contribution in [0.5, 0.6) is 0 Å². The lowest BCUT2D eigenvalue weighted by molar-refractivity contribution is 0.191.